The summed E-state index contributed by atoms with van der Waals surface area (Å²) in [6, 6.07) is 15.6. The molecule has 110 valence electrons. The van der Waals surface area contributed by atoms with E-state index in [0.29, 0.717) is 5.56 Å². The molecule has 0 saturated heterocycles. The molecule has 0 aromatic heterocycles. The predicted octanol–water partition coefficient (Wildman–Crippen LogP) is 4.49. The molecule has 0 spiro atoms. The van der Waals surface area contributed by atoms with Gasteiger partial charge in [0.05, 0.1) is 6.04 Å². The molecule has 2 nitrogen and oxygen atoms in total. The molecule has 1 atom stereocenters. The Morgan fingerprint density at radius 2 is 1.76 bits per heavy atom. The third-order valence-corrected chi connectivity index (χ3v) is 3.46. The number of rotatable bonds is 6. The SMILES string of the molecule is CCCC[C@@H](NC(=O)c1ccc(F)cc1)c1ccccc1. The lowest BCUT2D eigenvalue weighted by Crippen LogP contribution is -2.28. The lowest BCUT2D eigenvalue weighted by molar-refractivity contribution is 0.0934. The molecular weight excluding hydrogens is 265 g/mol. The highest BCUT2D eigenvalue weighted by Crippen LogP contribution is 2.20. The van der Waals surface area contributed by atoms with Gasteiger partial charge in [0.15, 0.2) is 0 Å². The number of carbonyl (C=O) groups excluding carboxylic acids is 1. The number of carbonyl (C=O) groups is 1. The highest BCUT2D eigenvalue weighted by atomic mass is 19.1. The number of nitrogens with one attached hydrogen (secondary N) is 1. The van der Waals surface area contributed by atoms with Crippen LogP contribution in [0.15, 0.2) is 54.6 Å². The molecular formula is C18H20FNO. The minimum absolute atomic E-state index is 0.0105. The summed E-state index contributed by atoms with van der Waals surface area (Å²) in [5.74, 6) is -0.503. The van der Waals surface area contributed by atoms with E-state index in [9.17, 15) is 9.18 Å². The first-order chi connectivity index (χ1) is 10.2. The number of halogens is 1. The Morgan fingerprint density at radius 3 is 2.38 bits per heavy atom. The van der Waals surface area contributed by atoms with Gasteiger partial charge < -0.3 is 5.32 Å². The van der Waals surface area contributed by atoms with Gasteiger partial charge in [0.2, 0.25) is 0 Å². The largest absolute Gasteiger partial charge is 0.345 e. The predicted molar refractivity (Wildman–Crippen MR) is 82.6 cm³/mol. The summed E-state index contributed by atoms with van der Waals surface area (Å²) in [4.78, 5) is 12.3. The van der Waals surface area contributed by atoms with E-state index < -0.39 is 0 Å². The van der Waals surface area contributed by atoms with E-state index in [-0.39, 0.29) is 17.8 Å². The van der Waals surface area contributed by atoms with Crippen molar-refractivity contribution in [3.05, 3.63) is 71.5 Å². The van der Waals surface area contributed by atoms with Gasteiger partial charge in [0.1, 0.15) is 5.82 Å². The van der Waals surface area contributed by atoms with Crippen molar-refractivity contribution in [1.29, 1.82) is 0 Å². The molecule has 2 aromatic rings. The average molecular weight is 285 g/mol. The summed E-state index contributed by atoms with van der Waals surface area (Å²) in [6.07, 6.45) is 3.02. The topological polar surface area (TPSA) is 29.1 Å². The van der Waals surface area contributed by atoms with Crippen LogP contribution in [0.4, 0.5) is 4.39 Å². The Balaban J connectivity index is 2.11. The molecule has 1 amide bonds. The Labute approximate surface area is 125 Å². The fourth-order valence-electron chi connectivity index (χ4n) is 2.26. The van der Waals surface area contributed by atoms with Crippen LogP contribution >= 0.6 is 0 Å². The maximum atomic E-state index is 12.9. The van der Waals surface area contributed by atoms with E-state index in [1.54, 1.807) is 0 Å². The molecule has 1 N–H and O–H groups in total. The van der Waals surface area contributed by atoms with Gasteiger partial charge in [-0.25, -0.2) is 4.39 Å². The van der Waals surface area contributed by atoms with Crippen molar-refractivity contribution in [3.63, 3.8) is 0 Å². The Morgan fingerprint density at radius 1 is 1.10 bits per heavy atom. The van der Waals surface area contributed by atoms with Crippen LogP contribution in [0.1, 0.15) is 48.1 Å². The third kappa shape index (κ3) is 4.42. The third-order valence-electron chi connectivity index (χ3n) is 3.46. The first-order valence-corrected chi connectivity index (χ1v) is 7.32. The molecule has 3 heteroatoms. The molecule has 0 aliphatic rings. The minimum atomic E-state index is -0.336. The second kappa shape index (κ2) is 7.58. The molecule has 0 heterocycles. The Bertz CT molecular complexity index is 566. The van der Waals surface area contributed by atoms with Gasteiger partial charge in [-0.05, 0) is 36.2 Å². The summed E-state index contributed by atoms with van der Waals surface area (Å²) in [5, 5.41) is 3.04. The van der Waals surface area contributed by atoms with Crippen molar-refractivity contribution in [3.8, 4) is 0 Å². The summed E-state index contributed by atoms with van der Waals surface area (Å²) < 4.78 is 12.9. The first-order valence-electron chi connectivity index (χ1n) is 7.32. The zero-order chi connectivity index (χ0) is 15.1. The van der Waals surface area contributed by atoms with Crippen LogP contribution in [0, 0.1) is 5.82 Å². The van der Waals surface area contributed by atoms with Crippen LogP contribution < -0.4 is 5.32 Å². The van der Waals surface area contributed by atoms with E-state index in [1.165, 1.54) is 24.3 Å². The molecule has 0 unspecified atom stereocenters. The minimum Gasteiger partial charge on any atom is -0.345 e. The monoisotopic (exact) mass is 285 g/mol. The molecule has 2 aromatic carbocycles. The van der Waals surface area contributed by atoms with Gasteiger partial charge >= 0.3 is 0 Å². The van der Waals surface area contributed by atoms with Crippen LogP contribution in [0.25, 0.3) is 0 Å². The fraction of sp³-hybridized carbons (Fsp3) is 0.278. The summed E-state index contributed by atoms with van der Waals surface area (Å²) in [5.41, 5.74) is 1.58. The number of hydrogen-bond acceptors (Lipinski definition) is 1. The normalized spacial score (nSPS) is 11.9. The molecule has 0 bridgehead atoms. The Hall–Kier alpha value is -2.16. The van der Waals surface area contributed by atoms with Crippen molar-refractivity contribution in [2.24, 2.45) is 0 Å². The van der Waals surface area contributed by atoms with Crippen molar-refractivity contribution in [1.82, 2.24) is 5.32 Å². The number of unbranched alkanes of at least 4 members (excludes halogenated alkanes) is 1. The van der Waals surface area contributed by atoms with E-state index in [1.807, 2.05) is 30.3 Å². The van der Waals surface area contributed by atoms with Crippen LogP contribution in [0.5, 0.6) is 0 Å². The summed E-state index contributed by atoms with van der Waals surface area (Å²) >= 11 is 0. The zero-order valence-electron chi connectivity index (χ0n) is 12.2. The van der Waals surface area contributed by atoms with Gasteiger partial charge in [-0.1, -0.05) is 50.1 Å². The highest BCUT2D eigenvalue weighted by Gasteiger charge is 2.15. The maximum Gasteiger partial charge on any atom is 0.251 e. The lowest BCUT2D eigenvalue weighted by atomic mass is 10.0. The fourth-order valence-corrected chi connectivity index (χ4v) is 2.26. The van der Waals surface area contributed by atoms with Gasteiger partial charge in [-0.3, -0.25) is 4.79 Å². The van der Waals surface area contributed by atoms with E-state index >= 15 is 0 Å². The van der Waals surface area contributed by atoms with Crippen molar-refractivity contribution < 1.29 is 9.18 Å². The molecule has 2 rings (SSSR count). The van der Waals surface area contributed by atoms with Gasteiger partial charge in [-0.15, -0.1) is 0 Å². The molecule has 0 saturated carbocycles. The van der Waals surface area contributed by atoms with E-state index in [4.69, 9.17) is 0 Å². The summed E-state index contributed by atoms with van der Waals surface area (Å²) in [7, 11) is 0. The smallest absolute Gasteiger partial charge is 0.251 e. The van der Waals surface area contributed by atoms with Crippen LogP contribution in [-0.2, 0) is 0 Å². The maximum absolute atomic E-state index is 12.9. The highest BCUT2D eigenvalue weighted by molar-refractivity contribution is 5.94. The van der Waals surface area contributed by atoms with Crippen molar-refractivity contribution in [2.75, 3.05) is 0 Å². The molecule has 21 heavy (non-hydrogen) atoms. The zero-order valence-corrected chi connectivity index (χ0v) is 12.2. The molecule has 0 radical (unpaired) electrons. The molecule has 0 aliphatic carbocycles. The number of benzene rings is 2. The molecule has 0 aliphatic heterocycles. The Kier molecular flexibility index (Phi) is 5.50. The second-order valence-electron chi connectivity index (χ2n) is 5.09. The number of hydrogen-bond donors (Lipinski definition) is 1. The van der Waals surface area contributed by atoms with E-state index in [2.05, 4.69) is 12.2 Å². The van der Waals surface area contributed by atoms with Gasteiger partial charge in [0, 0.05) is 5.56 Å². The number of amides is 1. The van der Waals surface area contributed by atoms with Gasteiger partial charge in [-0.2, -0.15) is 0 Å². The van der Waals surface area contributed by atoms with Crippen molar-refractivity contribution >= 4 is 5.91 Å². The van der Waals surface area contributed by atoms with Crippen molar-refractivity contribution in [2.45, 2.75) is 32.2 Å². The second-order valence-corrected chi connectivity index (χ2v) is 5.09. The van der Waals surface area contributed by atoms with Crippen LogP contribution in [0.3, 0.4) is 0 Å². The lowest BCUT2D eigenvalue weighted by Gasteiger charge is -2.19. The van der Waals surface area contributed by atoms with Crippen LogP contribution in [-0.4, -0.2) is 5.91 Å². The molecule has 0 fully saturated rings. The van der Waals surface area contributed by atoms with E-state index in [0.717, 1.165) is 24.8 Å². The van der Waals surface area contributed by atoms with Crippen LogP contribution in [0.2, 0.25) is 0 Å². The average Bonchev–Trinajstić information content (AvgIpc) is 2.52. The quantitative estimate of drug-likeness (QED) is 0.832. The first kappa shape index (κ1) is 15.2. The van der Waals surface area contributed by atoms with Gasteiger partial charge in [0.25, 0.3) is 5.91 Å². The standard InChI is InChI=1S/C18H20FNO/c1-2-3-9-17(14-7-5-4-6-8-14)20-18(21)15-10-12-16(19)13-11-15/h4-8,10-13,17H,2-3,9H2,1H3,(H,20,21)/t17-/m1/s1. The summed E-state index contributed by atoms with van der Waals surface area (Å²) in [6.45, 7) is 2.13.